The van der Waals surface area contributed by atoms with Crippen LogP contribution in [0.2, 0.25) is 0 Å². The van der Waals surface area contributed by atoms with Crippen LogP contribution in [0, 0.1) is 11.6 Å². The van der Waals surface area contributed by atoms with Crippen molar-refractivity contribution in [2.24, 2.45) is 0 Å². The molecule has 1 aromatic heterocycles. The molecule has 1 heterocycles. The van der Waals surface area contributed by atoms with Gasteiger partial charge in [0.1, 0.15) is 34.9 Å². The number of carbonyl (C=O) groups excluding carboxylic acids is 1. The van der Waals surface area contributed by atoms with E-state index in [0.29, 0.717) is 39.2 Å². The number of aromatic nitrogens is 1. The first-order valence-electron chi connectivity index (χ1n) is 10.7. The molecular weight excluding hydrogens is 458 g/mol. The fourth-order valence-corrected chi connectivity index (χ4v) is 3.85. The molecule has 1 unspecified atom stereocenters. The van der Waals surface area contributed by atoms with E-state index in [9.17, 15) is 18.7 Å². The Bertz CT molecular complexity index is 1360. The van der Waals surface area contributed by atoms with Crippen LogP contribution in [-0.4, -0.2) is 38.2 Å². The molecule has 182 valence electrons. The lowest BCUT2D eigenvalue weighted by Crippen LogP contribution is -2.22. The average Bonchev–Trinajstić information content (AvgIpc) is 3.28. The van der Waals surface area contributed by atoms with Gasteiger partial charge in [0.05, 0.1) is 20.8 Å². The number of methoxy groups -OCH3 is 2. The minimum atomic E-state index is -1.02. The molecule has 0 aliphatic heterocycles. The number of carbonyl (C=O) groups is 1. The van der Waals surface area contributed by atoms with Crippen LogP contribution in [-0.2, 0) is 0 Å². The lowest BCUT2D eigenvalue weighted by Gasteiger charge is -2.22. The lowest BCUT2D eigenvalue weighted by molar-refractivity contribution is -0.370. The number of fused-ring (bicyclic) bond motifs is 1. The summed E-state index contributed by atoms with van der Waals surface area (Å²) < 4.78 is 43.8. The second-order valence-corrected chi connectivity index (χ2v) is 7.67. The summed E-state index contributed by atoms with van der Waals surface area (Å²) in [5, 5.41) is 14.6. The van der Waals surface area contributed by atoms with Gasteiger partial charge in [-0.1, -0.05) is 0 Å². The zero-order valence-electron chi connectivity index (χ0n) is 19.1. The topological polar surface area (TPSA) is 95.6 Å². The number of aromatic amines is 1. The van der Waals surface area contributed by atoms with E-state index in [2.05, 4.69) is 10.3 Å². The molecule has 0 radical (unpaired) electrons. The first-order chi connectivity index (χ1) is 16.9. The van der Waals surface area contributed by atoms with Gasteiger partial charge in [-0.05, 0) is 30.3 Å². The first-order valence-corrected chi connectivity index (χ1v) is 10.7. The van der Waals surface area contributed by atoms with Crippen molar-refractivity contribution in [1.82, 2.24) is 4.98 Å². The van der Waals surface area contributed by atoms with Gasteiger partial charge < -0.3 is 29.6 Å². The molecule has 0 spiro atoms. The minimum Gasteiger partial charge on any atom is -0.852 e. The average molecular weight is 481 g/mol. The van der Waals surface area contributed by atoms with Gasteiger partial charge in [0.15, 0.2) is 5.78 Å². The van der Waals surface area contributed by atoms with Gasteiger partial charge in [-0.15, -0.1) is 6.61 Å². The van der Waals surface area contributed by atoms with Gasteiger partial charge in [0.2, 0.25) is 0 Å². The summed E-state index contributed by atoms with van der Waals surface area (Å²) in [6.45, 7) is -0.457. The highest BCUT2D eigenvalue weighted by Gasteiger charge is 2.28. The Kier molecular flexibility index (Phi) is 7.17. The van der Waals surface area contributed by atoms with E-state index in [4.69, 9.17) is 14.2 Å². The van der Waals surface area contributed by atoms with E-state index in [-0.39, 0.29) is 18.1 Å². The quantitative estimate of drug-likeness (QED) is 0.329. The molecular formula is C26H23F2N2O5-. The lowest BCUT2D eigenvalue weighted by atomic mass is 9.95. The van der Waals surface area contributed by atoms with E-state index >= 15 is 0 Å². The van der Waals surface area contributed by atoms with Crippen LogP contribution >= 0.6 is 0 Å². The Morgan fingerprint density at radius 3 is 2.49 bits per heavy atom. The molecule has 2 N–H and O–H groups in total. The summed E-state index contributed by atoms with van der Waals surface area (Å²) in [6, 6.07) is 11.9. The van der Waals surface area contributed by atoms with E-state index in [0.717, 1.165) is 0 Å². The molecule has 0 fully saturated rings. The second-order valence-electron chi connectivity index (χ2n) is 7.67. The molecule has 1 atom stereocenters. The summed E-state index contributed by atoms with van der Waals surface area (Å²) in [6.07, 6.45) is 1.51. The van der Waals surface area contributed by atoms with Crippen molar-refractivity contribution in [2.45, 2.75) is 6.04 Å². The number of hydrogen-bond acceptors (Lipinski definition) is 6. The molecule has 0 saturated heterocycles. The molecule has 4 rings (SSSR count). The zero-order chi connectivity index (χ0) is 24.9. The molecule has 9 heteroatoms. The predicted molar refractivity (Wildman–Crippen MR) is 125 cm³/mol. The van der Waals surface area contributed by atoms with E-state index in [1.807, 2.05) is 0 Å². The summed E-state index contributed by atoms with van der Waals surface area (Å²) in [7, 11) is 2.86. The molecule has 0 saturated carbocycles. The van der Waals surface area contributed by atoms with E-state index in [1.165, 1.54) is 56.8 Å². The van der Waals surface area contributed by atoms with Crippen LogP contribution in [0.4, 0.5) is 14.5 Å². The van der Waals surface area contributed by atoms with Gasteiger partial charge in [0.25, 0.3) is 0 Å². The number of hydrogen-bond donors (Lipinski definition) is 2. The third-order valence-electron chi connectivity index (χ3n) is 5.46. The van der Waals surface area contributed by atoms with Crippen molar-refractivity contribution in [3.63, 3.8) is 0 Å². The minimum absolute atomic E-state index is 0.0351. The van der Waals surface area contributed by atoms with Crippen molar-refractivity contribution in [2.75, 3.05) is 32.8 Å². The summed E-state index contributed by atoms with van der Waals surface area (Å²) in [4.78, 5) is 16.8. The molecule has 0 aliphatic rings. The van der Waals surface area contributed by atoms with Crippen molar-refractivity contribution in [1.29, 1.82) is 0 Å². The maximum Gasteiger partial charge on any atom is 0.191 e. The number of nitrogens with one attached hydrogen (secondary N) is 2. The van der Waals surface area contributed by atoms with Crippen LogP contribution in [0.25, 0.3) is 10.9 Å². The van der Waals surface area contributed by atoms with Crippen LogP contribution < -0.4 is 24.6 Å². The van der Waals surface area contributed by atoms with E-state index in [1.54, 1.807) is 18.2 Å². The van der Waals surface area contributed by atoms with Crippen LogP contribution in [0.3, 0.4) is 0 Å². The summed E-state index contributed by atoms with van der Waals surface area (Å²) in [5.74, 6) is -0.326. The number of ether oxygens (including phenoxy) is 3. The number of H-pyrrole nitrogens is 1. The third kappa shape index (κ3) is 5.20. The highest BCUT2D eigenvalue weighted by molar-refractivity contribution is 6.11. The van der Waals surface area contributed by atoms with E-state index < -0.39 is 24.3 Å². The molecule has 35 heavy (non-hydrogen) atoms. The molecule has 7 nitrogen and oxygen atoms in total. The predicted octanol–water partition coefficient (Wildman–Crippen LogP) is 4.24. The Labute approximate surface area is 200 Å². The maximum atomic E-state index is 13.9. The van der Waals surface area contributed by atoms with Gasteiger partial charge in [0, 0.05) is 58.2 Å². The van der Waals surface area contributed by atoms with Gasteiger partial charge in [-0.2, -0.15) is 0 Å². The van der Waals surface area contributed by atoms with Crippen molar-refractivity contribution >= 4 is 22.4 Å². The fourth-order valence-electron chi connectivity index (χ4n) is 3.85. The SMILES string of the molecule is COc1cc(NC(C(=O)c2c[nH]c3cc(F)ccc23)c2ccc(F)cc2OC)cc(OCC[O-])c1. The van der Waals surface area contributed by atoms with Crippen molar-refractivity contribution < 1.29 is 32.9 Å². The highest BCUT2D eigenvalue weighted by Crippen LogP contribution is 2.35. The number of anilines is 1. The van der Waals surface area contributed by atoms with Crippen LogP contribution in [0.5, 0.6) is 17.2 Å². The highest BCUT2D eigenvalue weighted by atomic mass is 19.1. The third-order valence-corrected chi connectivity index (χ3v) is 5.46. The van der Waals surface area contributed by atoms with Crippen LogP contribution in [0.1, 0.15) is 22.0 Å². The first kappa shape index (κ1) is 24.0. The molecule has 4 aromatic rings. The zero-order valence-corrected chi connectivity index (χ0v) is 19.1. The Morgan fingerprint density at radius 2 is 1.74 bits per heavy atom. The van der Waals surface area contributed by atoms with Gasteiger partial charge in [-0.3, -0.25) is 4.79 Å². The number of ketones is 1. The van der Waals surface area contributed by atoms with Gasteiger partial charge >= 0.3 is 0 Å². The maximum absolute atomic E-state index is 13.9. The normalized spacial score (nSPS) is 11.8. The molecule has 3 aromatic carbocycles. The van der Waals surface area contributed by atoms with Gasteiger partial charge in [-0.25, -0.2) is 8.78 Å². The number of benzene rings is 3. The monoisotopic (exact) mass is 481 g/mol. The molecule has 0 aliphatic carbocycles. The summed E-state index contributed by atoms with van der Waals surface area (Å²) >= 11 is 0. The largest absolute Gasteiger partial charge is 0.852 e. The molecule has 0 bridgehead atoms. The van der Waals surface area contributed by atoms with Crippen molar-refractivity contribution in [3.8, 4) is 17.2 Å². The summed E-state index contributed by atoms with van der Waals surface area (Å²) in [5.41, 5.74) is 1.63. The Hall–Kier alpha value is -4.11. The second kappa shape index (κ2) is 10.4. The Morgan fingerprint density at radius 1 is 1.00 bits per heavy atom. The number of rotatable bonds is 10. The molecule has 0 amide bonds. The Balaban J connectivity index is 1.80. The van der Waals surface area contributed by atoms with Crippen molar-refractivity contribution in [3.05, 3.63) is 83.6 Å². The number of Topliss-reactive ketones (excluding diaryl/α,β-unsaturated/α-hetero) is 1. The fraction of sp³-hybridized carbons (Fsp3) is 0.192. The standard InChI is InChI=1S/C26H23F2N2O5/c1-33-18-11-17(12-19(13-18)35-8-7-31)30-25(21-6-4-16(28)10-24(21)34-2)26(32)22-14-29-23-9-15(27)3-5-20(22)23/h3-6,9-14,25,29-30H,7-8H2,1-2H3/q-1. The van der Waals surface area contributed by atoms with Crippen LogP contribution in [0.15, 0.2) is 60.8 Å². The number of halogens is 2. The smallest absolute Gasteiger partial charge is 0.191 e.